The van der Waals surface area contributed by atoms with Gasteiger partial charge in [-0.15, -0.1) is 0 Å². The van der Waals surface area contributed by atoms with E-state index in [-0.39, 0.29) is 13.2 Å². The Morgan fingerprint density at radius 2 is 1.77 bits per heavy atom. The van der Waals surface area contributed by atoms with Gasteiger partial charge in [-0.1, -0.05) is 35.5 Å². The monoisotopic (exact) mass is 370 g/mol. The first kappa shape index (κ1) is 19.7. The van der Waals surface area contributed by atoms with E-state index in [0.717, 1.165) is 12.1 Å². The maximum atomic E-state index is 12.6. The maximum Gasteiger partial charge on any atom is 0.305 e. The van der Waals surface area contributed by atoms with Gasteiger partial charge in [-0.2, -0.15) is 4.39 Å². The summed E-state index contributed by atoms with van der Waals surface area (Å²) in [5.74, 6) is -1.08. The minimum Gasteiger partial charge on any atom is -0.258 e. The summed E-state index contributed by atoms with van der Waals surface area (Å²) in [6.07, 6.45) is 0. The van der Waals surface area contributed by atoms with Crippen LogP contribution in [0.4, 0.5) is 20.2 Å². The number of aryl methyl sites for hydroxylation is 1. The Balaban J connectivity index is 0.000000385. The first-order valence-corrected chi connectivity index (χ1v) is 6.37. The van der Waals surface area contributed by atoms with Gasteiger partial charge in [0.2, 0.25) is 5.82 Å². The molecule has 2 aromatic rings. The van der Waals surface area contributed by atoms with E-state index in [4.69, 9.17) is 6.57 Å². The molecule has 116 valence electrons. The van der Waals surface area contributed by atoms with Crippen LogP contribution >= 0.6 is 15.9 Å². The number of nitrogens with zero attached hydrogens (tertiary/aromatic N) is 2. The van der Waals surface area contributed by atoms with Gasteiger partial charge in [0.1, 0.15) is 5.82 Å². The van der Waals surface area contributed by atoms with E-state index in [9.17, 15) is 18.9 Å². The molecule has 2 aromatic carbocycles. The van der Waals surface area contributed by atoms with E-state index in [0.29, 0.717) is 15.7 Å². The molecule has 0 unspecified atom stereocenters. The van der Waals surface area contributed by atoms with Crippen LogP contribution in [-0.2, 0) is 0 Å². The van der Waals surface area contributed by atoms with Crippen LogP contribution in [0.2, 0.25) is 0 Å². The second-order valence-corrected chi connectivity index (χ2v) is 4.81. The first-order chi connectivity index (χ1) is 9.85. The minimum atomic E-state index is -0.821. The van der Waals surface area contributed by atoms with Crippen molar-refractivity contribution in [1.29, 1.82) is 0 Å². The van der Waals surface area contributed by atoms with Crippen LogP contribution in [-0.4, -0.2) is 4.92 Å². The summed E-state index contributed by atoms with van der Waals surface area (Å²) in [6, 6.07) is 7.88. The molecule has 0 heterocycles. The van der Waals surface area contributed by atoms with Crippen LogP contribution in [0.1, 0.15) is 13.0 Å². The molecule has 0 aliphatic rings. The highest BCUT2D eigenvalue weighted by molar-refractivity contribution is 9.10. The van der Waals surface area contributed by atoms with E-state index in [1.807, 2.05) is 0 Å². The normalized spacial score (nSPS) is 8.86. The Kier molecular flexibility index (Phi) is 7.91. The third-order valence-electron chi connectivity index (χ3n) is 2.38. The lowest BCUT2D eigenvalue weighted by atomic mass is 10.2. The molecule has 0 saturated heterocycles. The lowest BCUT2D eigenvalue weighted by Crippen LogP contribution is -1.91. The molecule has 0 aliphatic carbocycles. The van der Waals surface area contributed by atoms with Crippen LogP contribution < -0.4 is 0 Å². The Labute approximate surface area is 135 Å². The lowest BCUT2D eigenvalue weighted by Gasteiger charge is -1.93. The van der Waals surface area contributed by atoms with Gasteiger partial charge in [0, 0.05) is 10.5 Å². The van der Waals surface area contributed by atoms with Crippen molar-refractivity contribution in [1.82, 2.24) is 0 Å². The smallest absolute Gasteiger partial charge is 0.258 e. The van der Waals surface area contributed by atoms with E-state index < -0.39 is 16.4 Å². The number of nitro groups is 1. The number of hydrogen-bond acceptors (Lipinski definition) is 2. The average molecular weight is 371 g/mol. The molecular formula is C15H13BrF2N2O2. The number of halogens is 3. The molecule has 0 fully saturated rings. The van der Waals surface area contributed by atoms with Crippen molar-refractivity contribution in [3.8, 4) is 0 Å². The summed E-state index contributed by atoms with van der Waals surface area (Å²) in [4.78, 5) is 12.5. The van der Waals surface area contributed by atoms with Crippen molar-refractivity contribution in [3.63, 3.8) is 0 Å². The Hall–Kier alpha value is -2.33. The summed E-state index contributed by atoms with van der Waals surface area (Å²) >= 11 is 2.99. The quantitative estimate of drug-likeness (QED) is 0.360. The number of benzene rings is 2. The summed E-state index contributed by atoms with van der Waals surface area (Å²) < 4.78 is 25.6. The molecule has 0 spiro atoms. The van der Waals surface area contributed by atoms with E-state index >= 15 is 0 Å². The van der Waals surface area contributed by atoms with E-state index in [2.05, 4.69) is 20.8 Å². The number of nitro benzene ring substituents is 1. The molecule has 0 N–H and O–H groups in total. The van der Waals surface area contributed by atoms with Crippen molar-refractivity contribution >= 4 is 27.3 Å². The standard InChI is InChI=1S/C8H6FN.C6H3BrFNO2.CH4/c1-6-5-7(10-2)3-4-8(6)9;7-4-1-2-5(8)6(3-4)9(10)11;/h3-5H,1H3;1-3H;1H4. The molecule has 0 radical (unpaired) electrons. The molecule has 22 heavy (non-hydrogen) atoms. The predicted octanol–water partition coefficient (Wildman–Crippen LogP) is 5.82. The number of hydrogen-bond donors (Lipinski definition) is 0. The largest absolute Gasteiger partial charge is 0.305 e. The van der Waals surface area contributed by atoms with Gasteiger partial charge in [0.25, 0.3) is 0 Å². The molecule has 0 bridgehead atoms. The molecule has 4 nitrogen and oxygen atoms in total. The van der Waals surface area contributed by atoms with Gasteiger partial charge < -0.3 is 0 Å². The second-order valence-electron chi connectivity index (χ2n) is 3.90. The van der Waals surface area contributed by atoms with Gasteiger partial charge >= 0.3 is 5.69 Å². The fourth-order valence-corrected chi connectivity index (χ4v) is 1.67. The summed E-state index contributed by atoms with van der Waals surface area (Å²) in [7, 11) is 0. The van der Waals surface area contributed by atoms with Gasteiger partial charge in [-0.25, -0.2) is 9.24 Å². The zero-order chi connectivity index (χ0) is 16.0. The van der Waals surface area contributed by atoms with Crippen molar-refractivity contribution in [2.45, 2.75) is 14.4 Å². The minimum absolute atomic E-state index is 0. The topological polar surface area (TPSA) is 47.5 Å². The SMILES string of the molecule is C.O=[N+]([O-])c1cc(Br)ccc1F.[C-]#[N+]c1ccc(F)c(C)c1. The molecule has 0 aromatic heterocycles. The highest BCUT2D eigenvalue weighted by atomic mass is 79.9. The first-order valence-electron chi connectivity index (χ1n) is 5.58. The van der Waals surface area contributed by atoms with E-state index in [1.54, 1.807) is 6.92 Å². The van der Waals surface area contributed by atoms with Gasteiger partial charge in [-0.3, -0.25) is 10.1 Å². The van der Waals surface area contributed by atoms with Crippen LogP contribution in [0.15, 0.2) is 40.9 Å². The van der Waals surface area contributed by atoms with Crippen LogP contribution in [0.3, 0.4) is 0 Å². The molecule has 0 saturated carbocycles. The van der Waals surface area contributed by atoms with Crippen molar-refractivity contribution in [2.24, 2.45) is 0 Å². The fourth-order valence-electron chi connectivity index (χ4n) is 1.32. The molecule has 2 rings (SSSR count). The van der Waals surface area contributed by atoms with Crippen molar-refractivity contribution in [2.75, 3.05) is 0 Å². The van der Waals surface area contributed by atoms with Crippen LogP contribution in [0.25, 0.3) is 4.85 Å². The fraction of sp³-hybridized carbons (Fsp3) is 0.133. The van der Waals surface area contributed by atoms with Gasteiger partial charge in [0.05, 0.1) is 11.5 Å². The van der Waals surface area contributed by atoms with Crippen LogP contribution in [0, 0.1) is 35.2 Å². The lowest BCUT2D eigenvalue weighted by molar-refractivity contribution is -0.387. The Bertz CT molecular complexity index is 715. The Morgan fingerprint density at radius 3 is 2.23 bits per heavy atom. The Morgan fingerprint density at radius 1 is 1.18 bits per heavy atom. The number of rotatable bonds is 1. The summed E-state index contributed by atoms with van der Waals surface area (Å²) in [5, 5.41) is 10.1. The summed E-state index contributed by atoms with van der Waals surface area (Å²) in [5.41, 5.74) is 0.492. The molecule has 0 amide bonds. The second kappa shape index (κ2) is 8.85. The van der Waals surface area contributed by atoms with Crippen LogP contribution in [0.5, 0.6) is 0 Å². The molecule has 0 atom stereocenters. The zero-order valence-electron chi connectivity index (χ0n) is 10.8. The molecule has 0 aliphatic heterocycles. The highest BCUT2D eigenvalue weighted by Gasteiger charge is 2.12. The van der Waals surface area contributed by atoms with Gasteiger partial charge in [-0.05, 0) is 30.7 Å². The van der Waals surface area contributed by atoms with Gasteiger partial charge in [0.15, 0.2) is 5.69 Å². The third-order valence-corrected chi connectivity index (χ3v) is 2.87. The van der Waals surface area contributed by atoms with E-state index in [1.165, 1.54) is 24.3 Å². The predicted molar refractivity (Wildman–Crippen MR) is 84.9 cm³/mol. The summed E-state index contributed by atoms with van der Waals surface area (Å²) in [6.45, 7) is 8.26. The maximum absolute atomic E-state index is 12.6. The average Bonchev–Trinajstić information content (AvgIpc) is 2.45. The van der Waals surface area contributed by atoms with Crippen molar-refractivity contribution < 1.29 is 13.7 Å². The molecular weight excluding hydrogens is 358 g/mol. The third kappa shape index (κ3) is 5.58. The van der Waals surface area contributed by atoms with Crippen molar-refractivity contribution in [3.05, 3.63) is 79.6 Å². The highest BCUT2D eigenvalue weighted by Crippen LogP contribution is 2.21. The zero-order valence-corrected chi connectivity index (χ0v) is 12.4. The molecule has 7 heteroatoms.